The molecule has 0 unspecified atom stereocenters. The molecule has 0 aliphatic heterocycles. The number of aromatic nitrogens is 3. The first-order valence-electron chi connectivity index (χ1n) is 5.51. The topological polar surface area (TPSA) is 33.4 Å². The summed E-state index contributed by atoms with van der Waals surface area (Å²) in [6.07, 6.45) is 6.33. The SMILES string of the molecule is BrCCN(c1ccn2nccc2n1)C1CC1. The zero-order valence-electron chi connectivity index (χ0n) is 8.88. The molecule has 5 heteroatoms. The van der Waals surface area contributed by atoms with Gasteiger partial charge in [-0.05, 0) is 18.9 Å². The Kier molecular flexibility index (Phi) is 2.55. The van der Waals surface area contributed by atoms with Crippen LogP contribution in [0.5, 0.6) is 0 Å². The molecule has 1 saturated carbocycles. The van der Waals surface area contributed by atoms with Crippen LogP contribution >= 0.6 is 15.9 Å². The van der Waals surface area contributed by atoms with E-state index >= 15 is 0 Å². The van der Waals surface area contributed by atoms with E-state index in [1.54, 1.807) is 10.7 Å². The third-order valence-electron chi connectivity index (χ3n) is 2.85. The second kappa shape index (κ2) is 4.05. The molecule has 0 atom stereocenters. The van der Waals surface area contributed by atoms with Gasteiger partial charge >= 0.3 is 0 Å². The van der Waals surface area contributed by atoms with Crippen molar-refractivity contribution in [3.8, 4) is 0 Å². The number of rotatable bonds is 4. The van der Waals surface area contributed by atoms with E-state index in [1.807, 2.05) is 18.3 Å². The standard InChI is InChI=1S/C11H13BrN4/c12-5-8-15(9-1-2-9)10-4-7-16-11(14-10)3-6-13-16/h3-4,6-7,9H,1-2,5,8H2. The largest absolute Gasteiger partial charge is 0.353 e. The first kappa shape index (κ1) is 10.1. The van der Waals surface area contributed by atoms with Gasteiger partial charge in [-0.3, -0.25) is 0 Å². The summed E-state index contributed by atoms with van der Waals surface area (Å²) < 4.78 is 1.79. The molecule has 2 aromatic heterocycles. The molecule has 2 heterocycles. The molecule has 1 aliphatic rings. The summed E-state index contributed by atoms with van der Waals surface area (Å²) in [4.78, 5) is 7.00. The molecule has 0 saturated heterocycles. The van der Waals surface area contributed by atoms with Crippen LogP contribution in [0.25, 0.3) is 5.65 Å². The lowest BCUT2D eigenvalue weighted by molar-refractivity contribution is 0.809. The lowest BCUT2D eigenvalue weighted by atomic mass is 10.4. The van der Waals surface area contributed by atoms with Gasteiger partial charge in [-0.15, -0.1) is 0 Å². The number of nitrogens with zero attached hydrogens (tertiary/aromatic N) is 4. The molecule has 0 spiro atoms. The van der Waals surface area contributed by atoms with Gasteiger partial charge < -0.3 is 4.90 Å². The fourth-order valence-corrected chi connectivity index (χ4v) is 2.31. The highest BCUT2D eigenvalue weighted by molar-refractivity contribution is 9.09. The number of halogens is 1. The van der Waals surface area contributed by atoms with Gasteiger partial charge in [0.15, 0.2) is 5.65 Å². The Morgan fingerprint density at radius 1 is 1.44 bits per heavy atom. The minimum absolute atomic E-state index is 0.690. The first-order chi connectivity index (χ1) is 7.88. The molecular weight excluding hydrogens is 268 g/mol. The predicted octanol–water partition coefficient (Wildman–Crippen LogP) is 2.09. The molecule has 1 fully saturated rings. The van der Waals surface area contributed by atoms with E-state index in [0.29, 0.717) is 6.04 Å². The quantitative estimate of drug-likeness (QED) is 0.805. The molecule has 2 aromatic rings. The number of alkyl halides is 1. The summed E-state index contributed by atoms with van der Waals surface area (Å²) in [5, 5.41) is 5.13. The Labute approximate surface area is 102 Å². The molecular formula is C11H13BrN4. The Bertz CT molecular complexity index is 491. The second-order valence-electron chi connectivity index (χ2n) is 4.03. The van der Waals surface area contributed by atoms with Gasteiger partial charge in [-0.25, -0.2) is 9.50 Å². The minimum Gasteiger partial charge on any atom is -0.353 e. The number of hydrogen-bond donors (Lipinski definition) is 0. The van der Waals surface area contributed by atoms with Gasteiger partial charge in [0.25, 0.3) is 0 Å². The maximum Gasteiger partial charge on any atom is 0.157 e. The molecule has 1 aliphatic carbocycles. The van der Waals surface area contributed by atoms with Crippen molar-refractivity contribution < 1.29 is 0 Å². The van der Waals surface area contributed by atoms with Crippen LogP contribution in [0.15, 0.2) is 24.5 Å². The van der Waals surface area contributed by atoms with E-state index in [4.69, 9.17) is 0 Å². The van der Waals surface area contributed by atoms with Gasteiger partial charge in [-0.1, -0.05) is 15.9 Å². The zero-order chi connectivity index (χ0) is 11.0. The Balaban J connectivity index is 1.95. The molecule has 0 N–H and O–H groups in total. The van der Waals surface area contributed by atoms with Crippen LogP contribution in [0.3, 0.4) is 0 Å². The molecule has 0 aromatic carbocycles. The van der Waals surface area contributed by atoms with Gasteiger partial charge in [-0.2, -0.15) is 5.10 Å². The maximum absolute atomic E-state index is 4.62. The van der Waals surface area contributed by atoms with E-state index in [0.717, 1.165) is 23.3 Å². The fraction of sp³-hybridized carbons (Fsp3) is 0.455. The third kappa shape index (κ3) is 1.80. The summed E-state index contributed by atoms with van der Waals surface area (Å²) in [7, 11) is 0. The highest BCUT2D eigenvalue weighted by atomic mass is 79.9. The van der Waals surface area contributed by atoms with E-state index in [1.165, 1.54) is 12.8 Å². The Morgan fingerprint density at radius 3 is 3.06 bits per heavy atom. The molecule has 84 valence electrons. The van der Waals surface area contributed by atoms with Crippen LogP contribution in [-0.2, 0) is 0 Å². The Hall–Kier alpha value is -1.10. The fourth-order valence-electron chi connectivity index (χ4n) is 1.92. The predicted molar refractivity (Wildman–Crippen MR) is 67.1 cm³/mol. The smallest absolute Gasteiger partial charge is 0.157 e. The van der Waals surface area contributed by atoms with Gasteiger partial charge in [0.2, 0.25) is 0 Å². The van der Waals surface area contributed by atoms with E-state index in [9.17, 15) is 0 Å². The van der Waals surface area contributed by atoms with Crippen molar-refractivity contribution >= 4 is 27.4 Å². The molecule has 4 nitrogen and oxygen atoms in total. The molecule has 3 rings (SSSR count). The molecule has 0 bridgehead atoms. The average Bonchev–Trinajstić information content (AvgIpc) is 3.03. The van der Waals surface area contributed by atoms with E-state index in [2.05, 4.69) is 30.9 Å². The number of anilines is 1. The average molecular weight is 281 g/mol. The number of hydrogen-bond acceptors (Lipinski definition) is 3. The summed E-state index contributed by atoms with van der Waals surface area (Å²) in [5.74, 6) is 1.06. The van der Waals surface area contributed by atoms with Crippen LogP contribution in [0.2, 0.25) is 0 Å². The highest BCUT2D eigenvalue weighted by Crippen LogP contribution is 2.30. The lowest BCUT2D eigenvalue weighted by Crippen LogP contribution is -2.28. The first-order valence-corrected chi connectivity index (χ1v) is 6.63. The van der Waals surface area contributed by atoms with Gasteiger partial charge in [0.05, 0.1) is 6.20 Å². The van der Waals surface area contributed by atoms with Crippen LogP contribution in [-0.4, -0.2) is 32.5 Å². The summed E-state index contributed by atoms with van der Waals surface area (Å²) in [6.45, 7) is 1.02. The van der Waals surface area contributed by atoms with Crippen molar-refractivity contribution in [2.75, 3.05) is 16.8 Å². The molecule has 16 heavy (non-hydrogen) atoms. The van der Waals surface area contributed by atoms with E-state index < -0.39 is 0 Å². The van der Waals surface area contributed by atoms with Crippen LogP contribution in [0.1, 0.15) is 12.8 Å². The normalized spacial score (nSPS) is 15.6. The van der Waals surface area contributed by atoms with Crippen LogP contribution < -0.4 is 4.90 Å². The van der Waals surface area contributed by atoms with Crippen molar-refractivity contribution in [1.29, 1.82) is 0 Å². The minimum atomic E-state index is 0.690. The summed E-state index contributed by atoms with van der Waals surface area (Å²) in [5.41, 5.74) is 0.915. The van der Waals surface area contributed by atoms with Crippen molar-refractivity contribution in [1.82, 2.24) is 14.6 Å². The highest BCUT2D eigenvalue weighted by Gasteiger charge is 2.29. The lowest BCUT2D eigenvalue weighted by Gasteiger charge is -2.22. The van der Waals surface area contributed by atoms with Crippen LogP contribution in [0.4, 0.5) is 5.82 Å². The summed E-state index contributed by atoms with van der Waals surface area (Å²) >= 11 is 3.50. The van der Waals surface area contributed by atoms with E-state index in [-0.39, 0.29) is 0 Å². The molecule has 0 radical (unpaired) electrons. The van der Waals surface area contributed by atoms with Crippen molar-refractivity contribution in [2.24, 2.45) is 0 Å². The monoisotopic (exact) mass is 280 g/mol. The second-order valence-corrected chi connectivity index (χ2v) is 4.83. The van der Waals surface area contributed by atoms with Crippen molar-refractivity contribution in [3.63, 3.8) is 0 Å². The number of fused-ring (bicyclic) bond motifs is 1. The summed E-state index contributed by atoms with van der Waals surface area (Å²) in [6, 6.07) is 4.67. The zero-order valence-corrected chi connectivity index (χ0v) is 10.5. The Morgan fingerprint density at radius 2 is 2.31 bits per heavy atom. The van der Waals surface area contributed by atoms with Crippen molar-refractivity contribution in [2.45, 2.75) is 18.9 Å². The van der Waals surface area contributed by atoms with Crippen LogP contribution in [0, 0.1) is 0 Å². The van der Waals surface area contributed by atoms with Gasteiger partial charge in [0.1, 0.15) is 5.82 Å². The molecule has 0 amide bonds. The third-order valence-corrected chi connectivity index (χ3v) is 3.21. The maximum atomic E-state index is 4.62. The van der Waals surface area contributed by atoms with Crippen molar-refractivity contribution in [3.05, 3.63) is 24.5 Å². The van der Waals surface area contributed by atoms with Gasteiger partial charge in [0, 0.05) is 30.2 Å².